The highest BCUT2D eigenvalue weighted by atomic mass is 32.1. The second-order valence-corrected chi connectivity index (χ2v) is 6.70. The molecule has 1 unspecified atom stereocenters. The highest BCUT2D eigenvalue weighted by molar-refractivity contribution is 7.00. The Hall–Kier alpha value is -2.80. The molecule has 0 saturated heterocycles. The lowest BCUT2D eigenvalue weighted by atomic mass is 9.94. The first-order valence-corrected chi connectivity index (χ1v) is 8.70. The zero-order valence-corrected chi connectivity index (χ0v) is 14.4. The molecule has 7 heteroatoms. The number of carbonyl (C=O) groups excluding carboxylic acids is 2. The molecule has 0 radical (unpaired) electrons. The number of amides is 2. The van der Waals surface area contributed by atoms with E-state index < -0.39 is 6.04 Å². The van der Waals surface area contributed by atoms with Gasteiger partial charge in [-0.25, -0.2) is 0 Å². The summed E-state index contributed by atoms with van der Waals surface area (Å²) in [6, 6.07) is 12.7. The van der Waals surface area contributed by atoms with Crippen LogP contribution in [0.2, 0.25) is 0 Å². The van der Waals surface area contributed by atoms with Gasteiger partial charge in [-0.05, 0) is 29.3 Å². The topological polar surface area (TPSA) is 75.2 Å². The largest absolute Gasteiger partial charge is 0.340 e. The quantitative estimate of drug-likeness (QED) is 0.782. The van der Waals surface area contributed by atoms with Crippen LogP contribution in [-0.4, -0.2) is 38.6 Å². The number of nitrogens with zero attached hydrogens (tertiary/aromatic N) is 3. The van der Waals surface area contributed by atoms with Crippen LogP contribution in [-0.2, 0) is 17.8 Å². The van der Waals surface area contributed by atoms with Crippen molar-refractivity contribution in [2.24, 2.45) is 0 Å². The molecule has 6 nitrogen and oxygen atoms in total. The van der Waals surface area contributed by atoms with Gasteiger partial charge in [0, 0.05) is 25.6 Å². The molecular formula is C18H16N4O2S. The normalized spacial score (nSPS) is 16.4. The molecule has 4 rings (SSSR count). The third-order valence-electron chi connectivity index (χ3n) is 4.40. The number of benzene rings is 2. The van der Waals surface area contributed by atoms with E-state index in [0.717, 1.165) is 22.2 Å². The summed E-state index contributed by atoms with van der Waals surface area (Å²) in [5, 5.41) is 2.81. The Morgan fingerprint density at radius 3 is 2.92 bits per heavy atom. The summed E-state index contributed by atoms with van der Waals surface area (Å²) in [4.78, 5) is 26.6. The summed E-state index contributed by atoms with van der Waals surface area (Å²) < 4.78 is 8.41. The molecule has 2 aromatic carbocycles. The van der Waals surface area contributed by atoms with Gasteiger partial charge in [-0.2, -0.15) is 8.75 Å². The molecular weight excluding hydrogens is 336 g/mol. The number of fused-ring (bicyclic) bond motifs is 2. The average molecular weight is 352 g/mol. The van der Waals surface area contributed by atoms with E-state index in [4.69, 9.17) is 0 Å². The zero-order valence-electron chi connectivity index (χ0n) is 13.6. The van der Waals surface area contributed by atoms with Crippen LogP contribution in [0, 0.1) is 0 Å². The molecule has 1 aliphatic rings. The molecule has 1 aliphatic heterocycles. The summed E-state index contributed by atoms with van der Waals surface area (Å²) in [5.41, 5.74) is 4.24. The number of rotatable bonds is 3. The molecule has 0 bridgehead atoms. The highest BCUT2D eigenvalue weighted by Gasteiger charge is 2.30. The van der Waals surface area contributed by atoms with Crippen molar-refractivity contribution < 1.29 is 9.59 Å². The fourth-order valence-electron chi connectivity index (χ4n) is 3.12. The molecule has 0 fully saturated rings. The van der Waals surface area contributed by atoms with Crippen LogP contribution >= 0.6 is 11.7 Å². The van der Waals surface area contributed by atoms with Gasteiger partial charge >= 0.3 is 0 Å². The van der Waals surface area contributed by atoms with Crippen LogP contribution in [0.15, 0.2) is 42.5 Å². The van der Waals surface area contributed by atoms with Crippen LogP contribution in [0.5, 0.6) is 0 Å². The Kier molecular flexibility index (Phi) is 3.93. The van der Waals surface area contributed by atoms with Crippen LogP contribution < -0.4 is 5.32 Å². The van der Waals surface area contributed by atoms with Crippen LogP contribution in [0.3, 0.4) is 0 Å². The zero-order chi connectivity index (χ0) is 17.4. The standard InChI is InChI=1S/C18H16N4O2S/c1-22(10-11-6-7-14-15(8-11)21-25-20-14)18(24)16-9-12-4-2-3-5-13(12)17(23)19-16/h2-8,16H,9-10H2,1H3,(H,19,23). The first kappa shape index (κ1) is 15.7. The van der Waals surface area contributed by atoms with Gasteiger partial charge in [-0.15, -0.1) is 0 Å². The summed E-state index contributed by atoms with van der Waals surface area (Å²) in [7, 11) is 1.75. The van der Waals surface area contributed by atoms with Gasteiger partial charge in [0.05, 0.1) is 11.7 Å². The van der Waals surface area contributed by atoms with Crippen molar-refractivity contribution in [2.75, 3.05) is 7.05 Å². The van der Waals surface area contributed by atoms with Crippen molar-refractivity contribution in [1.82, 2.24) is 19.0 Å². The fraction of sp³-hybridized carbons (Fsp3) is 0.222. The van der Waals surface area contributed by atoms with Crippen molar-refractivity contribution in [3.05, 3.63) is 59.2 Å². The SMILES string of the molecule is CN(Cc1ccc2nsnc2c1)C(=O)C1Cc2ccccc2C(=O)N1. The lowest BCUT2D eigenvalue weighted by Gasteiger charge is -2.28. The van der Waals surface area contributed by atoms with Gasteiger partial charge in [-0.3, -0.25) is 9.59 Å². The molecule has 0 spiro atoms. The van der Waals surface area contributed by atoms with Gasteiger partial charge in [0.15, 0.2) is 0 Å². The van der Waals surface area contributed by atoms with Crippen LogP contribution in [0.1, 0.15) is 21.5 Å². The fourth-order valence-corrected chi connectivity index (χ4v) is 3.64. The predicted molar refractivity (Wildman–Crippen MR) is 95.3 cm³/mol. The van der Waals surface area contributed by atoms with E-state index in [1.165, 1.54) is 11.7 Å². The van der Waals surface area contributed by atoms with E-state index in [1.807, 2.05) is 36.4 Å². The molecule has 126 valence electrons. The number of carbonyl (C=O) groups is 2. The summed E-state index contributed by atoms with van der Waals surface area (Å²) in [6.45, 7) is 0.459. The first-order chi connectivity index (χ1) is 12.1. The Morgan fingerprint density at radius 1 is 1.24 bits per heavy atom. The van der Waals surface area contributed by atoms with Crippen molar-refractivity contribution in [1.29, 1.82) is 0 Å². The van der Waals surface area contributed by atoms with Crippen molar-refractivity contribution >= 4 is 34.6 Å². The van der Waals surface area contributed by atoms with E-state index in [1.54, 1.807) is 18.0 Å². The van der Waals surface area contributed by atoms with E-state index >= 15 is 0 Å². The Balaban J connectivity index is 1.49. The molecule has 2 heterocycles. The monoisotopic (exact) mass is 352 g/mol. The summed E-state index contributed by atoms with van der Waals surface area (Å²) in [5.74, 6) is -0.289. The van der Waals surface area contributed by atoms with Gasteiger partial charge < -0.3 is 10.2 Å². The van der Waals surface area contributed by atoms with E-state index in [9.17, 15) is 9.59 Å². The average Bonchev–Trinajstić information content (AvgIpc) is 3.08. The number of hydrogen-bond acceptors (Lipinski definition) is 5. The third-order valence-corrected chi connectivity index (χ3v) is 4.96. The van der Waals surface area contributed by atoms with Crippen molar-refractivity contribution in [3.63, 3.8) is 0 Å². The molecule has 1 aromatic heterocycles. The predicted octanol–water partition coefficient (Wildman–Crippen LogP) is 2.00. The third kappa shape index (κ3) is 2.98. The van der Waals surface area contributed by atoms with Gasteiger partial charge in [0.1, 0.15) is 17.1 Å². The Labute approximate surface area is 148 Å². The maximum Gasteiger partial charge on any atom is 0.252 e. The van der Waals surface area contributed by atoms with Crippen molar-refractivity contribution in [2.45, 2.75) is 19.0 Å². The highest BCUT2D eigenvalue weighted by Crippen LogP contribution is 2.19. The van der Waals surface area contributed by atoms with Gasteiger partial charge in [-0.1, -0.05) is 24.3 Å². The minimum Gasteiger partial charge on any atom is -0.340 e. The Morgan fingerprint density at radius 2 is 2.04 bits per heavy atom. The summed E-state index contributed by atoms with van der Waals surface area (Å²) >= 11 is 1.18. The number of nitrogens with one attached hydrogen (secondary N) is 1. The van der Waals surface area contributed by atoms with Crippen LogP contribution in [0.4, 0.5) is 0 Å². The number of likely N-dealkylation sites (N-methyl/N-ethyl adjacent to an activating group) is 1. The summed E-state index contributed by atoms with van der Waals surface area (Å²) in [6.07, 6.45) is 0.514. The van der Waals surface area contributed by atoms with Crippen molar-refractivity contribution in [3.8, 4) is 0 Å². The molecule has 1 N–H and O–H groups in total. The number of aromatic nitrogens is 2. The maximum atomic E-state index is 12.8. The first-order valence-electron chi connectivity index (χ1n) is 7.97. The molecule has 0 aliphatic carbocycles. The number of hydrogen-bond donors (Lipinski definition) is 1. The van der Waals surface area contributed by atoms with E-state index in [-0.39, 0.29) is 11.8 Å². The van der Waals surface area contributed by atoms with Gasteiger partial charge in [0.2, 0.25) is 5.91 Å². The minimum absolute atomic E-state index is 0.0978. The second-order valence-electron chi connectivity index (χ2n) is 6.17. The Bertz CT molecular complexity index is 968. The van der Waals surface area contributed by atoms with E-state index in [0.29, 0.717) is 18.5 Å². The molecule has 0 saturated carbocycles. The second kappa shape index (κ2) is 6.25. The van der Waals surface area contributed by atoms with Gasteiger partial charge in [0.25, 0.3) is 5.91 Å². The minimum atomic E-state index is -0.530. The smallest absolute Gasteiger partial charge is 0.252 e. The van der Waals surface area contributed by atoms with E-state index in [2.05, 4.69) is 14.1 Å². The lowest BCUT2D eigenvalue weighted by molar-refractivity contribution is -0.132. The molecule has 1 atom stereocenters. The molecule has 2 amide bonds. The van der Waals surface area contributed by atoms with Crippen LogP contribution in [0.25, 0.3) is 11.0 Å². The molecule has 25 heavy (non-hydrogen) atoms. The lowest BCUT2D eigenvalue weighted by Crippen LogP contribution is -2.51. The molecule has 3 aromatic rings. The maximum absolute atomic E-state index is 12.8.